The Bertz CT molecular complexity index is 1760. The molecule has 2 atom stereocenters. The lowest BCUT2D eigenvalue weighted by Crippen LogP contribution is -2.49. The molecule has 3 aromatic rings. The molecule has 2 amide bonds. The van der Waals surface area contributed by atoms with Crippen LogP contribution in [-0.4, -0.2) is 70.3 Å². The molecule has 46 heavy (non-hydrogen) atoms. The average Bonchev–Trinajstić information content (AvgIpc) is 3.64. The first kappa shape index (κ1) is 34.0. The van der Waals surface area contributed by atoms with Crippen molar-refractivity contribution < 1.29 is 41.0 Å². The zero-order valence-corrected chi connectivity index (χ0v) is 27.1. The highest BCUT2D eigenvalue weighted by molar-refractivity contribution is 7.89. The fourth-order valence-electron chi connectivity index (χ4n) is 5.65. The van der Waals surface area contributed by atoms with E-state index in [0.717, 1.165) is 22.6 Å². The molecule has 1 saturated heterocycles. The van der Waals surface area contributed by atoms with Crippen LogP contribution in [0.1, 0.15) is 39.2 Å². The van der Waals surface area contributed by atoms with Gasteiger partial charge in [-0.05, 0) is 69.5 Å². The molecule has 1 fully saturated rings. The second kappa shape index (κ2) is 12.0. The maximum absolute atomic E-state index is 14.3. The fourth-order valence-corrected chi connectivity index (χ4v) is 8.01. The molecule has 3 heterocycles. The van der Waals surface area contributed by atoms with Gasteiger partial charge in [0.15, 0.2) is 5.03 Å². The van der Waals surface area contributed by atoms with Gasteiger partial charge in [-0.25, -0.2) is 18.3 Å². The van der Waals surface area contributed by atoms with Gasteiger partial charge in [0.1, 0.15) is 17.3 Å². The van der Waals surface area contributed by atoms with Crippen LogP contribution in [-0.2, 0) is 31.6 Å². The van der Waals surface area contributed by atoms with Gasteiger partial charge in [-0.15, -0.1) is 13.2 Å². The molecule has 2 aliphatic heterocycles. The minimum absolute atomic E-state index is 0.0163. The molecule has 0 saturated carbocycles. The quantitative estimate of drug-likeness (QED) is 0.328. The second-order valence-corrected chi connectivity index (χ2v) is 14.7. The lowest BCUT2D eigenvalue weighted by atomic mass is 9.92. The van der Waals surface area contributed by atoms with Crippen molar-refractivity contribution in [2.45, 2.75) is 68.6 Å². The van der Waals surface area contributed by atoms with Crippen molar-refractivity contribution >= 4 is 56.7 Å². The fraction of sp³-hybridized carbons (Fsp3) is 0.414. The number of carbonyl (C=O) groups excluding carboxylic acids is 2. The number of rotatable bonds is 9. The van der Waals surface area contributed by atoms with Gasteiger partial charge in [0, 0.05) is 29.6 Å². The van der Waals surface area contributed by atoms with E-state index in [-0.39, 0.29) is 52.6 Å². The predicted octanol–water partition coefficient (Wildman–Crippen LogP) is 4.76. The molecule has 0 aliphatic carbocycles. The van der Waals surface area contributed by atoms with Gasteiger partial charge < -0.3 is 15.2 Å². The van der Waals surface area contributed by atoms with Gasteiger partial charge in [-0.1, -0.05) is 35.3 Å². The molecule has 2 unspecified atom stereocenters. The van der Waals surface area contributed by atoms with Crippen LogP contribution < -0.4 is 15.0 Å². The number of anilines is 2. The Kier molecular flexibility index (Phi) is 8.87. The molecule has 17 heteroatoms. The van der Waals surface area contributed by atoms with Crippen LogP contribution in [0, 0.1) is 0 Å². The predicted molar refractivity (Wildman–Crippen MR) is 163 cm³/mol. The van der Waals surface area contributed by atoms with E-state index >= 15 is 0 Å². The van der Waals surface area contributed by atoms with Crippen LogP contribution in [0.25, 0.3) is 0 Å². The van der Waals surface area contributed by atoms with Crippen LogP contribution in [0.4, 0.5) is 24.8 Å². The molecule has 0 spiro atoms. The van der Waals surface area contributed by atoms with E-state index in [1.165, 1.54) is 60.6 Å². The van der Waals surface area contributed by atoms with E-state index in [1.807, 2.05) is 0 Å². The number of aromatic nitrogens is 2. The average molecular weight is 705 g/mol. The number of benzene rings is 2. The molecule has 5 rings (SSSR count). The Morgan fingerprint density at radius 3 is 2.37 bits per heavy atom. The molecular weight excluding hydrogens is 674 g/mol. The second-order valence-electron chi connectivity index (χ2n) is 11.9. The van der Waals surface area contributed by atoms with Crippen LogP contribution in [0.15, 0.2) is 53.7 Å². The van der Waals surface area contributed by atoms with Crippen molar-refractivity contribution in [3.63, 3.8) is 0 Å². The lowest BCUT2D eigenvalue weighted by molar-refractivity contribution is -0.274. The Morgan fingerprint density at radius 2 is 1.78 bits per heavy atom. The Morgan fingerprint density at radius 1 is 1.15 bits per heavy atom. The van der Waals surface area contributed by atoms with Gasteiger partial charge in [-0.3, -0.25) is 14.2 Å². The van der Waals surface area contributed by atoms with Crippen molar-refractivity contribution in [1.29, 1.82) is 0 Å². The van der Waals surface area contributed by atoms with Crippen molar-refractivity contribution in [3.8, 4) is 5.75 Å². The summed E-state index contributed by atoms with van der Waals surface area (Å²) in [5.74, 6) is -1.73. The number of nitrogens with zero attached hydrogens (tertiary/aromatic N) is 4. The van der Waals surface area contributed by atoms with E-state index in [0.29, 0.717) is 12.0 Å². The Balaban J connectivity index is 1.58. The monoisotopic (exact) mass is 703 g/mol. The summed E-state index contributed by atoms with van der Waals surface area (Å²) < 4.78 is 73.0. The standard InChI is InChI=1S/C29H30Cl2F3N5O6S/c1-27(2,42)16-36-24(40)22-5-4-10-37(22)46(43,44)23-15-35-26-38(20-12-18(30)11-19(31)13-20)25(41)28(3,39(23)26)14-17-6-8-21(9-7-17)45-29(32,33)34/h6-9,11-13,15,22,42H,4-5,10,14,16H2,1-3H3,(H,36,40). The van der Waals surface area contributed by atoms with Gasteiger partial charge in [-0.2, -0.15) is 4.31 Å². The van der Waals surface area contributed by atoms with Crippen LogP contribution in [0.5, 0.6) is 5.75 Å². The number of nitrogens with one attached hydrogen (secondary N) is 1. The normalized spacial score (nSPS) is 20.7. The minimum atomic E-state index is -4.90. The summed E-state index contributed by atoms with van der Waals surface area (Å²) in [6.07, 6.45) is -3.35. The van der Waals surface area contributed by atoms with Crippen LogP contribution in [0.2, 0.25) is 10.0 Å². The molecule has 2 N–H and O–H groups in total. The molecule has 2 aromatic carbocycles. The van der Waals surface area contributed by atoms with Gasteiger partial charge in [0.05, 0.1) is 17.5 Å². The first-order valence-electron chi connectivity index (χ1n) is 14.1. The lowest BCUT2D eigenvalue weighted by Gasteiger charge is -2.29. The zero-order chi connectivity index (χ0) is 33.8. The first-order valence-corrected chi connectivity index (χ1v) is 16.3. The molecule has 0 bridgehead atoms. The summed E-state index contributed by atoms with van der Waals surface area (Å²) in [4.78, 5) is 32.9. The summed E-state index contributed by atoms with van der Waals surface area (Å²) in [5, 5.41) is 12.7. The number of alkyl halides is 3. The van der Waals surface area contributed by atoms with Crippen molar-refractivity contribution in [1.82, 2.24) is 19.2 Å². The van der Waals surface area contributed by atoms with Crippen molar-refractivity contribution in [2.24, 2.45) is 0 Å². The largest absolute Gasteiger partial charge is 0.573 e. The highest BCUT2D eigenvalue weighted by Gasteiger charge is 2.53. The zero-order valence-electron chi connectivity index (χ0n) is 24.8. The third-order valence-corrected chi connectivity index (χ3v) is 9.96. The van der Waals surface area contributed by atoms with Gasteiger partial charge in [0.2, 0.25) is 11.9 Å². The van der Waals surface area contributed by atoms with E-state index in [2.05, 4.69) is 15.0 Å². The van der Waals surface area contributed by atoms with Gasteiger partial charge >= 0.3 is 6.36 Å². The Labute approximate surface area is 272 Å². The van der Waals surface area contributed by atoms with Crippen molar-refractivity contribution in [3.05, 3.63) is 64.3 Å². The topological polar surface area (TPSA) is 134 Å². The third kappa shape index (κ3) is 6.69. The number of imidazole rings is 1. The SMILES string of the molecule is CC(C)(O)CNC(=O)C1CCCN1S(=O)(=O)c1cnc2n1C(C)(Cc1ccc(OC(F)(F)F)cc1)C(=O)N2c1cc(Cl)cc(Cl)c1. The highest BCUT2D eigenvalue weighted by atomic mass is 35.5. The maximum atomic E-state index is 14.3. The van der Waals surface area contributed by atoms with Crippen LogP contribution in [0.3, 0.4) is 0 Å². The number of sulfonamides is 1. The number of halogens is 5. The number of fused-ring (bicyclic) bond motifs is 1. The number of hydrogen-bond acceptors (Lipinski definition) is 7. The number of amides is 2. The van der Waals surface area contributed by atoms with E-state index < -0.39 is 51.1 Å². The summed E-state index contributed by atoms with van der Waals surface area (Å²) in [5.41, 5.74) is -2.30. The van der Waals surface area contributed by atoms with E-state index in [1.54, 1.807) is 0 Å². The molecule has 2 aliphatic rings. The highest BCUT2D eigenvalue weighted by Crippen LogP contribution is 2.45. The van der Waals surface area contributed by atoms with Gasteiger partial charge in [0.25, 0.3) is 15.9 Å². The van der Waals surface area contributed by atoms with Crippen LogP contribution >= 0.6 is 23.2 Å². The minimum Gasteiger partial charge on any atom is -0.406 e. The molecule has 248 valence electrons. The number of ether oxygens (including phenoxy) is 1. The third-order valence-electron chi connectivity index (χ3n) is 7.65. The van der Waals surface area contributed by atoms with E-state index in [9.17, 15) is 36.3 Å². The molecular formula is C29H30Cl2F3N5O6S. The number of hydrogen-bond donors (Lipinski definition) is 2. The summed E-state index contributed by atoms with van der Waals surface area (Å²) >= 11 is 12.5. The molecule has 0 radical (unpaired) electrons. The maximum Gasteiger partial charge on any atom is 0.573 e. The first-order chi connectivity index (χ1) is 21.3. The number of carbonyl (C=O) groups is 2. The number of aliphatic hydroxyl groups is 1. The summed E-state index contributed by atoms with van der Waals surface area (Å²) in [7, 11) is -4.47. The molecule has 1 aromatic heterocycles. The van der Waals surface area contributed by atoms with Crippen molar-refractivity contribution in [2.75, 3.05) is 18.0 Å². The summed E-state index contributed by atoms with van der Waals surface area (Å²) in [6.45, 7) is 4.40. The molecule has 11 nitrogen and oxygen atoms in total. The summed E-state index contributed by atoms with van der Waals surface area (Å²) in [6, 6.07) is 8.15. The van der Waals surface area contributed by atoms with E-state index in [4.69, 9.17) is 23.2 Å². The smallest absolute Gasteiger partial charge is 0.406 e. The Hall–Kier alpha value is -3.37.